The summed E-state index contributed by atoms with van der Waals surface area (Å²) in [4.78, 5) is 0. The van der Waals surface area contributed by atoms with E-state index < -0.39 is 6.10 Å². The third-order valence-corrected chi connectivity index (χ3v) is 1.59. The van der Waals surface area contributed by atoms with Crippen molar-refractivity contribution in [3.63, 3.8) is 0 Å². The van der Waals surface area contributed by atoms with E-state index in [9.17, 15) is 5.11 Å². The van der Waals surface area contributed by atoms with Crippen molar-refractivity contribution in [3.8, 4) is 0 Å². The van der Waals surface area contributed by atoms with Gasteiger partial charge in [0.2, 0.25) is 0 Å². The molecule has 0 heterocycles. The highest BCUT2D eigenvalue weighted by Gasteiger charge is 2.05. The number of rotatable bonds is 5. The quantitative estimate of drug-likeness (QED) is 0.616. The van der Waals surface area contributed by atoms with Crippen LogP contribution in [0.5, 0.6) is 0 Å². The van der Waals surface area contributed by atoms with Gasteiger partial charge in [0.05, 0.1) is 6.10 Å². The summed E-state index contributed by atoms with van der Waals surface area (Å²) >= 11 is 0. The zero-order chi connectivity index (χ0) is 9.40. The van der Waals surface area contributed by atoms with E-state index in [1.807, 2.05) is 32.1 Å². The lowest BCUT2D eigenvalue weighted by Crippen LogP contribution is -2.10. The van der Waals surface area contributed by atoms with Crippen molar-refractivity contribution in [2.24, 2.45) is 0 Å². The molecule has 0 aromatic rings. The Morgan fingerprint density at radius 2 is 2.17 bits per heavy atom. The van der Waals surface area contributed by atoms with Crippen LogP contribution in [-0.4, -0.2) is 22.9 Å². The van der Waals surface area contributed by atoms with E-state index in [4.69, 9.17) is 5.11 Å². The smallest absolute Gasteiger partial charge is 0.0808 e. The molecule has 2 heteroatoms. The molecule has 0 fully saturated rings. The van der Waals surface area contributed by atoms with Crippen LogP contribution in [-0.2, 0) is 0 Å². The fraction of sp³-hybridized carbons (Fsp3) is 0.600. The fourth-order valence-electron chi connectivity index (χ4n) is 1.03. The van der Waals surface area contributed by atoms with E-state index in [0.29, 0.717) is 6.42 Å². The highest BCUT2D eigenvalue weighted by Crippen LogP contribution is 2.08. The summed E-state index contributed by atoms with van der Waals surface area (Å²) in [7, 11) is 0. The largest absolute Gasteiger partial charge is 0.396 e. The Balaban J connectivity index is 4.19. The maximum absolute atomic E-state index is 9.49. The molecule has 70 valence electrons. The molecular formula is C10H18O2. The molecule has 0 radical (unpaired) electrons. The third kappa shape index (κ3) is 4.31. The van der Waals surface area contributed by atoms with Gasteiger partial charge in [-0.3, -0.25) is 0 Å². The summed E-state index contributed by atoms with van der Waals surface area (Å²) < 4.78 is 0. The highest BCUT2D eigenvalue weighted by atomic mass is 16.3. The van der Waals surface area contributed by atoms with Crippen LogP contribution < -0.4 is 0 Å². The summed E-state index contributed by atoms with van der Waals surface area (Å²) in [6.45, 7) is 3.96. The zero-order valence-corrected chi connectivity index (χ0v) is 7.83. The van der Waals surface area contributed by atoms with E-state index >= 15 is 0 Å². The van der Waals surface area contributed by atoms with Crippen LogP contribution in [0, 0.1) is 0 Å². The predicted octanol–water partition coefficient (Wildman–Crippen LogP) is 1.64. The Morgan fingerprint density at radius 1 is 1.50 bits per heavy atom. The molecule has 0 aliphatic carbocycles. The average Bonchev–Trinajstić information content (AvgIpc) is 2.04. The standard InChI is InChI=1S/C10H18O2/c1-3-5-9(6-4-2)10(12)7-8-11/h3,5-6,10-12H,4,7-8H2,1-2H3/b5-3-,9-6+. The number of allylic oxidation sites excluding steroid dienone is 2. The highest BCUT2D eigenvalue weighted by molar-refractivity contribution is 5.22. The minimum atomic E-state index is -0.522. The summed E-state index contributed by atoms with van der Waals surface area (Å²) in [6, 6.07) is 0. The summed E-state index contributed by atoms with van der Waals surface area (Å²) in [6.07, 6.45) is 6.54. The Labute approximate surface area is 74.2 Å². The molecule has 1 atom stereocenters. The molecule has 0 aromatic carbocycles. The van der Waals surface area contributed by atoms with Gasteiger partial charge in [-0.15, -0.1) is 0 Å². The molecular weight excluding hydrogens is 152 g/mol. The van der Waals surface area contributed by atoms with Gasteiger partial charge in [0, 0.05) is 13.0 Å². The minimum Gasteiger partial charge on any atom is -0.396 e. The van der Waals surface area contributed by atoms with Crippen LogP contribution in [0.25, 0.3) is 0 Å². The second-order valence-electron chi connectivity index (χ2n) is 2.64. The van der Waals surface area contributed by atoms with Gasteiger partial charge in [-0.05, 0) is 18.9 Å². The number of hydrogen-bond donors (Lipinski definition) is 2. The normalized spacial score (nSPS) is 15.5. The molecule has 0 saturated heterocycles. The Bertz CT molecular complexity index is 159. The van der Waals surface area contributed by atoms with Crippen LogP contribution in [0.4, 0.5) is 0 Å². The first-order valence-electron chi connectivity index (χ1n) is 4.37. The van der Waals surface area contributed by atoms with Crippen LogP contribution >= 0.6 is 0 Å². The number of aliphatic hydroxyl groups is 2. The van der Waals surface area contributed by atoms with Gasteiger partial charge in [-0.25, -0.2) is 0 Å². The molecule has 0 saturated carbocycles. The predicted molar refractivity (Wildman–Crippen MR) is 50.9 cm³/mol. The van der Waals surface area contributed by atoms with Crippen molar-refractivity contribution in [1.82, 2.24) is 0 Å². The lowest BCUT2D eigenvalue weighted by atomic mass is 10.1. The molecule has 0 bridgehead atoms. The summed E-state index contributed by atoms with van der Waals surface area (Å²) in [5.74, 6) is 0. The van der Waals surface area contributed by atoms with Crippen molar-refractivity contribution in [2.75, 3.05) is 6.61 Å². The van der Waals surface area contributed by atoms with Gasteiger partial charge in [-0.1, -0.05) is 25.2 Å². The monoisotopic (exact) mass is 170 g/mol. The summed E-state index contributed by atoms with van der Waals surface area (Å²) in [5.41, 5.74) is 0.897. The Hall–Kier alpha value is -0.600. The maximum atomic E-state index is 9.49. The maximum Gasteiger partial charge on any atom is 0.0808 e. The Morgan fingerprint density at radius 3 is 2.58 bits per heavy atom. The van der Waals surface area contributed by atoms with E-state index in [1.54, 1.807) is 0 Å². The van der Waals surface area contributed by atoms with Crippen molar-refractivity contribution >= 4 is 0 Å². The van der Waals surface area contributed by atoms with Gasteiger partial charge >= 0.3 is 0 Å². The molecule has 0 aliphatic rings. The molecule has 0 rings (SSSR count). The Kier molecular flexibility index (Phi) is 6.72. The lowest BCUT2D eigenvalue weighted by Gasteiger charge is -2.09. The van der Waals surface area contributed by atoms with Gasteiger partial charge in [0.1, 0.15) is 0 Å². The fourth-order valence-corrected chi connectivity index (χ4v) is 1.03. The van der Waals surface area contributed by atoms with Crippen LogP contribution in [0.2, 0.25) is 0 Å². The summed E-state index contributed by atoms with van der Waals surface area (Å²) in [5, 5.41) is 18.1. The van der Waals surface area contributed by atoms with E-state index in [2.05, 4.69) is 0 Å². The first kappa shape index (κ1) is 11.4. The van der Waals surface area contributed by atoms with Crippen molar-refractivity contribution in [1.29, 1.82) is 0 Å². The third-order valence-electron chi connectivity index (χ3n) is 1.59. The average molecular weight is 170 g/mol. The second kappa shape index (κ2) is 7.07. The molecule has 0 spiro atoms. The van der Waals surface area contributed by atoms with Crippen molar-refractivity contribution < 1.29 is 10.2 Å². The molecule has 1 unspecified atom stereocenters. The van der Waals surface area contributed by atoms with Crippen molar-refractivity contribution in [3.05, 3.63) is 23.8 Å². The molecule has 0 aliphatic heterocycles. The molecule has 12 heavy (non-hydrogen) atoms. The van der Waals surface area contributed by atoms with Crippen molar-refractivity contribution in [2.45, 2.75) is 32.8 Å². The number of aliphatic hydroxyl groups excluding tert-OH is 2. The van der Waals surface area contributed by atoms with Gasteiger partial charge in [0.25, 0.3) is 0 Å². The second-order valence-corrected chi connectivity index (χ2v) is 2.64. The molecule has 2 N–H and O–H groups in total. The van der Waals surface area contributed by atoms with Crippen LogP contribution in [0.3, 0.4) is 0 Å². The van der Waals surface area contributed by atoms with Gasteiger partial charge < -0.3 is 10.2 Å². The zero-order valence-electron chi connectivity index (χ0n) is 7.83. The molecule has 2 nitrogen and oxygen atoms in total. The molecule has 0 amide bonds. The number of hydrogen-bond acceptors (Lipinski definition) is 2. The lowest BCUT2D eigenvalue weighted by molar-refractivity contribution is 0.163. The van der Waals surface area contributed by atoms with Gasteiger partial charge in [0.15, 0.2) is 0 Å². The van der Waals surface area contributed by atoms with E-state index in [-0.39, 0.29) is 6.61 Å². The first-order chi connectivity index (χ1) is 5.76. The topological polar surface area (TPSA) is 40.5 Å². The minimum absolute atomic E-state index is 0.0276. The first-order valence-corrected chi connectivity index (χ1v) is 4.37. The van der Waals surface area contributed by atoms with E-state index in [1.165, 1.54) is 0 Å². The van der Waals surface area contributed by atoms with Gasteiger partial charge in [-0.2, -0.15) is 0 Å². The van der Waals surface area contributed by atoms with E-state index in [0.717, 1.165) is 12.0 Å². The molecule has 0 aromatic heterocycles. The van der Waals surface area contributed by atoms with Crippen LogP contribution in [0.1, 0.15) is 26.7 Å². The SMILES string of the molecule is C/C=C\C(=C/CC)C(O)CCO. The van der Waals surface area contributed by atoms with Crippen LogP contribution in [0.15, 0.2) is 23.8 Å².